The van der Waals surface area contributed by atoms with Gasteiger partial charge in [-0.3, -0.25) is 9.78 Å². The van der Waals surface area contributed by atoms with Crippen LogP contribution in [0.4, 0.5) is 0 Å². The van der Waals surface area contributed by atoms with Crippen molar-refractivity contribution in [2.45, 2.75) is 64.1 Å². The van der Waals surface area contributed by atoms with Crippen LogP contribution < -0.4 is 5.73 Å². The number of nitrogens with two attached hydrogens (primary N) is 1. The molecule has 0 saturated heterocycles. The zero-order valence-electron chi connectivity index (χ0n) is 12.5. The predicted molar refractivity (Wildman–Crippen MR) is 79.9 cm³/mol. The van der Waals surface area contributed by atoms with Gasteiger partial charge in [-0.15, -0.1) is 0 Å². The zero-order valence-corrected chi connectivity index (χ0v) is 12.5. The predicted octanol–water partition coefficient (Wildman–Crippen LogP) is 2.48. The molecule has 1 aliphatic rings. The Kier molecular flexibility index (Phi) is 4.76. The van der Waals surface area contributed by atoms with Crippen LogP contribution in [0.15, 0.2) is 24.4 Å². The average molecular weight is 275 g/mol. The molecule has 110 valence electrons. The first-order chi connectivity index (χ1) is 9.50. The Balaban J connectivity index is 2.02. The number of nitrogens with zero attached hydrogens (tertiary/aromatic N) is 2. The van der Waals surface area contributed by atoms with Crippen LogP contribution >= 0.6 is 0 Å². The van der Waals surface area contributed by atoms with Gasteiger partial charge >= 0.3 is 0 Å². The largest absolute Gasteiger partial charge is 0.334 e. The third kappa shape index (κ3) is 3.79. The minimum Gasteiger partial charge on any atom is -0.334 e. The van der Waals surface area contributed by atoms with Crippen LogP contribution in [0, 0.1) is 0 Å². The molecule has 4 heteroatoms. The first kappa shape index (κ1) is 15.0. The molecule has 0 aliphatic heterocycles. The lowest BCUT2D eigenvalue weighted by Crippen LogP contribution is -2.45. The number of rotatable bonds is 5. The quantitative estimate of drug-likeness (QED) is 0.898. The summed E-state index contributed by atoms with van der Waals surface area (Å²) in [6.45, 7) is 4.64. The van der Waals surface area contributed by atoms with Gasteiger partial charge in [0.15, 0.2) is 0 Å². The Bertz CT molecular complexity index is 438. The topological polar surface area (TPSA) is 59.2 Å². The van der Waals surface area contributed by atoms with Crippen molar-refractivity contribution >= 4 is 5.91 Å². The van der Waals surface area contributed by atoms with Gasteiger partial charge in [0.2, 0.25) is 5.91 Å². The molecule has 0 unspecified atom stereocenters. The van der Waals surface area contributed by atoms with Crippen LogP contribution in [0.2, 0.25) is 0 Å². The Morgan fingerprint density at radius 3 is 2.65 bits per heavy atom. The van der Waals surface area contributed by atoms with Crippen molar-refractivity contribution in [2.75, 3.05) is 0 Å². The molecule has 1 aromatic rings. The summed E-state index contributed by atoms with van der Waals surface area (Å²) >= 11 is 0. The van der Waals surface area contributed by atoms with Gasteiger partial charge in [0.25, 0.3) is 0 Å². The summed E-state index contributed by atoms with van der Waals surface area (Å²) in [5, 5.41) is 0. The van der Waals surface area contributed by atoms with Crippen LogP contribution in [0.3, 0.4) is 0 Å². The van der Waals surface area contributed by atoms with Crippen molar-refractivity contribution in [1.82, 2.24) is 9.88 Å². The molecule has 1 aromatic heterocycles. The first-order valence-corrected chi connectivity index (χ1v) is 7.48. The highest BCUT2D eigenvalue weighted by molar-refractivity contribution is 5.77. The highest BCUT2D eigenvalue weighted by Crippen LogP contribution is 2.31. The van der Waals surface area contributed by atoms with Crippen LogP contribution in [-0.4, -0.2) is 27.4 Å². The first-order valence-electron chi connectivity index (χ1n) is 7.48. The van der Waals surface area contributed by atoms with Gasteiger partial charge in [0, 0.05) is 24.2 Å². The lowest BCUT2D eigenvalue weighted by Gasteiger charge is -2.31. The van der Waals surface area contributed by atoms with Gasteiger partial charge in [-0.2, -0.15) is 0 Å². The molecule has 1 amide bonds. The monoisotopic (exact) mass is 275 g/mol. The highest BCUT2D eigenvalue weighted by Gasteiger charge is 2.33. The second kappa shape index (κ2) is 6.35. The van der Waals surface area contributed by atoms with E-state index in [9.17, 15) is 4.79 Å². The molecule has 2 rings (SSSR count). The number of pyridine rings is 1. The lowest BCUT2D eigenvalue weighted by molar-refractivity contribution is -0.134. The molecule has 0 radical (unpaired) electrons. The van der Waals surface area contributed by atoms with E-state index < -0.39 is 0 Å². The minimum atomic E-state index is -0.283. The van der Waals surface area contributed by atoms with Crippen LogP contribution in [-0.2, 0) is 11.3 Å². The molecule has 2 N–H and O–H groups in total. The summed E-state index contributed by atoms with van der Waals surface area (Å²) in [5.74, 6) is 0.148. The molecular formula is C16H25N3O. The molecule has 0 atom stereocenters. The Hall–Kier alpha value is -1.42. The third-order valence-electron chi connectivity index (χ3n) is 4.10. The van der Waals surface area contributed by atoms with Crippen LogP contribution in [0.25, 0.3) is 0 Å². The molecule has 1 fully saturated rings. The van der Waals surface area contributed by atoms with E-state index >= 15 is 0 Å². The van der Waals surface area contributed by atoms with E-state index in [0.29, 0.717) is 13.0 Å². The van der Waals surface area contributed by atoms with Crippen molar-refractivity contribution in [2.24, 2.45) is 5.73 Å². The fourth-order valence-electron chi connectivity index (χ4n) is 2.88. The summed E-state index contributed by atoms with van der Waals surface area (Å²) in [6, 6.07) is 5.95. The smallest absolute Gasteiger partial charge is 0.225 e. The fourth-order valence-corrected chi connectivity index (χ4v) is 2.88. The molecule has 1 saturated carbocycles. The number of hydrogen-bond donors (Lipinski definition) is 1. The molecule has 1 heterocycles. The number of aromatic nitrogens is 1. The van der Waals surface area contributed by atoms with E-state index in [1.54, 1.807) is 6.20 Å². The molecular weight excluding hydrogens is 250 g/mol. The summed E-state index contributed by atoms with van der Waals surface area (Å²) in [7, 11) is 0. The molecule has 0 spiro atoms. The maximum absolute atomic E-state index is 12.6. The number of amides is 1. The van der Waals surface area contributed by atoms with E-state index in [2.05, 4.69) is 4.98 Å². The van der Waals surface area contributed by atoms with Crippen molar-refractivity contribution in [3.05, 3.63) is 30.1 Å². The van der Waals surface area contributed by atoms with Gasteiger partial charge < -0.3 is 10.6 Å². The van der Waals surface area contributed by atoms with Gasteiger partial charge in [-0.25, -0.2) is 0 Å². The lowest BCUT2D eigenvalue weighted by atomic mass is 9.93. The SMILES string of the molecule is CC(C)N(Cc1ccccn1)C(=O)CC1(N)CCCC1. The summed E-state index contributed by atoms with van der Waals surface area (Å²) in [4.78, 5) is 18.8. The number of hydrogen-bond acceptors (Lipinski definition) is 3. The zero-order chi connectivity index (χ0) is 14.6. The van der Waals surface area contributed by atoms with E-state index in [4.69, 9.17) is 5.73 Å². The van der Waals surface area contributed by atoms with Gasteiger partial charge in [0.05, 0.1) is 12.2 Å². The van der Waals surface area contributed by atoms with Crippen molar-refractivity contribution in [1.29, 1.82) is 0 Å². The van der Waals surface area contributed by atoms with Crippen molar-refractivity contribution in [3.8, 4) is 0 Å². The van der Waals surface area contributed by atoms with Crippen LogP contribution in [0.5, 0.6) is 0 Å². The number of carbonyl (C=O) groups excluding carboxylic acids is 1. The molecule has 0 aromatic carbocycles. The molecule has 20 heavy (non-hydrogen) atoms. The average Bonchev–Trinajstić information content (AvgIpc) is 2.83. The van der Waals surface area contributed by atoms with Gasteiger partial charge in [-0.05, 0) is 38.8 Å². The molecule has 1 aliphatic carbocycles. The maximum Gasteiger partial charge on any atom is 0.225 e. The van der Waals surface area contributed by atoms with Crippen LogP contribution in [0.1, 0.15) is 51.6 Å². The second-order valence-electron chi connectivity index (χ2n) is 6.18. The maximum atomic E-state index is 12.6. The standard InChI is InChI=1S/C16H25N3O/c1-13(2)19(12-14-7-3-6-10-18-14)15(20)11-16(17)8-4-5-9-16/h3,6-7,10,13H,4-5,8-9,11-12,17H2,1-2H3. The van der Waals surface area contributed by atoms with E-state index in [0.717, 1.165) is 31.4 Å². The molecule has 0 bridgehead atoms. The van der Waals surface area contributed by atoms with Gasteiger partial charge in [-0.1, -0.05) is 18.9 Å². The summed E-state index contributed by atoms with van der Waals surface area (Å²) < 4.78 is 0. The Morgan fingerprint density at radius 1 is 1.40 bits per heavy atom. The minimum absolute atomic E-state index is 0.148. The normalized spacial score (nSPS) is 17.4. The Labute approximate surface area is 121 Å². The van der Waals surface area contributed by atoms with E-state index in [1.165, 1.54) is 0 Å². The fraction of sp³-hybridized carbons (Fsp3) is 0.625. The Morgan fingerprint density at radius 2 is 2.10 bits per heavy atom. The van der Waals surface area contributed by atoms with E-state index in [1.807, 2.05) is 36.9 Å². The summed E-state index contributed by atoms with van der Waals surface area (Å²) in [6.07, 6.45) is 6.44. The summed E-state index contributed by atoms with van der Waals surface area (Å²) in [5.41, 5.74) is 6.97. The van der Waals surface area contributed by atoms with Gasteiger partial charge in [0.1, 0.15) is 0 Å². The second-order valence-corrected chi connectivity index (χ2v) is 6.18. The third-order valence-corrected chi connectivity index (χ3v) is 4.10. The van der Waals surface area contributed by atoms with E-state index in [-0.39, 0.29) is 17.5 Å². The van der Waals surface area contributed by atoms with Crippen molar-refractivity contribution in [3.63, 3.8) is 0 Å². The highest BCUT2D eigenvalue weighted by atomic mass is 16.2. The van der Waals surface area contributed by atoms with Crippen molar-refractivity contribution < 1.29 is 4.79 Å². The molecule has 4 nitrogen and oxygen atoms in total. The number of carbonyl (C=O) groups is 1.